The Morgan fingerprint density at radius 3 is 2.62 bits per heavy atom. The molecule has 1 aliphatic rings. The number of nitriles is 1. The van der Waals surface area contributed by atoms with Crippen molar-refractivity contribution in [1.29, 1.82) is 5.26 Å². The minimum Gasteiger partial charge on any atom is -0.481 e. The van der Waals surface area contributed by atoms with Gasteiger partial charge in [0.15, 0.2) is 0 Å². The molecule has 0 aliphatic carbocycles. The summed E-state index contributed by atoms with van der Waals surface area (Å²) in [5.41, 5.74) is 0.0672. The third kappa shape index (κ3) is 2.99. The fourth-order valence-electron chi connectivity index (χ4n) is 3.06. The summed E-state index contributed by atoms with van der Waals surface area (Å²) in [5, 5.41) is 18.2. The van der Waals surface area contributed by atoms with Crippen LogP contribution in [0.1, 0.15) is 38.2 Å². The Kier molecular flexibility index (Phi) is 4.46. The number of carbonyl (C=O) groups is 1. The van der Waals surface area contributed by atoms with E-state index in [0.717, 1.165) is 6.42 Å². The van der Waals surface area contributed by atoms with Crippen LogP contribution in [0.25, 0.3) is 0 Å². The van der Waals surface area contributed by atoms with E-state index >= 15 is 0 Å². The van der Waals surface area contributed by atoms with Gasteiger partial charge in [0.25, 0.3) is 0 Å². The van der Waals surface area contributed by atoms with Crippen molar-refractivity contribution in [3.05, 3.63) is 29.6 Å². The van der Waals surface area contributed by atoms with Gasteiger partial charge < -0.3 is 10.0 Å². The van der Waals surface area contributed by atoms with Crippen molar-refractivity contribution in [2.75, 3.05) is 18.0 Å². The van der Waals surface area contributed by atoms with Gasteiger partial charge in [-0.1, -0.05) is 13.3 Å². The van der Waals surface area contributed by atoms with Gasteiger partial charge in [0.05, 0.1) is 22.7 Å². The van der Waals surface area contributed by atoms with Crippen LogP contribution in [0.3, 0.4) is 0 Å². The maximum Gasteiger partial charge on any atom is 0.309 e. The minimum atomic E-state index is -0.746. The first-order valence-electron chi connectivity index (χ1n) is 7.20. The number of hydrogen-bond donors (Lipinski definition) is 1. The number of halogens is 1. The molecular formula is C16H19FN2O2. The van der Waals surface area contributed by atoms with Crippen LogP contribution >= 0.6 is 0 Å². The lowest BCUT2D eigenvalue weighted by atomic mass is 9.75. The van der Waals surface area contributed by atoms with E-state index < -0.39 is 17.2 Å². The lowest BCUT2D eigenvalue weighted by Crippen LogP contribution is -2.44. The van der Waals surface area contributed by atoms with Gasteiger partial charge >= 0.3 is 5.97 Å². The average molecular weight is 290 g/mol. The zero-order chi connectivity index (χ0) is 15.5. The van der Waals surface area contributed by atoms with Crippen LogP contribution in [0.15, 0.2) is 18.2 Å². The number of anilines is 1. The second kappa shape index (κ2) is 6.13. The molecule has 1 aliphatic heterocycles. The van der Waals surface area contributed by atoms with Gasteiger partial charge in [-0.15, -0.1) is 0 Å². The maximum absolute atomic E-state index is 14.0. The molecule has 1 aromatic rings. The summed E-state index contributed by atoms with van der Waals surface area (Å²) in [4.78, 5) is 13.4. The Hall–Kier alpha value is -2.09. The summed E-state index contributed by atoms with van der Waals surface area (Å²) in [6, 6.07) is 6.31. The van der Waals surface area contributed by atoms with Crippen LogP contribution in [0, 0.1) is 22.6 Å². The molecule has 112 valence electrons. The maximum atomic E-state index is 14.0. The van der Waals surface area contributed by atoms with E-state index in [9.17, 15) is 14.3 Å². The quantitative estimate of drug-likeness (QED) is 0.925. The normalized spacial score (nSPS) is 17.3. The Bertz CT molecular complexity index is 572. The number of hydrogen-bond acceptors (Lipinski definition) is 3. The fourth-order valence-corrected chi connectivity index (χ4v) is 3.06. The Morgan fingerprint density at radius 1 is 1.48 bits per heavy atom. The van der Waals surface area contributed by atoms with E-state index in [1.807, 2.05) is 17.9 Å². The van der Waals surface area contributed by atoms with Crippen LogP contribution in [0.5, 0.6) is 0 Å². The molecule has 5 heteroatoms. The summed E-state index contributed by atoms with van der Waals surface area (Å²) in [6.07, 6.45) is 2.54. The van der Waals surface area contributed by atoms with E-state index in [0.29, 0.717) is 43.6 Å². The highest BCUT2D eigenvalue weighted by molar-refractivity contribution is 5.75. The number of benzene rings is 1. The second-order valence-electron chi connectivity index (χ2n) is 5.60. The topological polar surface area (TPSA) is 64.3 Å². The van der Waals surface area contributed by atoms with Crippen LogP contribution in [-0.4, -0.2) is 24.2 Å². The first kappa shape index (κ1) is 15.3. The van der Waals surface area contributed by atoms with Crippen LogP contribution in [-0.2, 0) is 4.79 Å². The smallest absolute Gasteiger partial charge is 0.309 e. The third-order valence-electron chi connectivity index (χ3n) is 4.32. The monoisotopic (exact) mass is 290 g/mol. The molecule has 0 radical (unpaired) electrons. The van der Waals surface area contributed by atoms with Crippen LogP contribution < -0.4 is 4.90 Å². The molecule has 0 aromatic heterocycles. The molecule has 1 saturated heterocycles. The molecule has 0 spiro atoms. The predicted molar refractivity (Wildman–Crippen MR) is 77.5 cm³/mol. The van der Waals surface area contributed by atoms with Crippen molar-refractivity contribution < 1.29 is 14.3 Å². The molecule has 0 unspecified atom stereocenters. The molecular weight excluding hydrogens is 271 g/mol. The molecule has 0 amide bonds. The predicted octanol–water partition coefficient (Wildman–Crippen LogP) is 3.17. The minimum absolute atomic E-state index is 0.291. The summed E-state index contributed by atoms with van der Waals surface area (Å²) in [5.74, 6) is -1.17. The van der Waals surface area contributed by atoms with Gasteiger partial charge in [-0.25, -0.2) is 4.39 Å². The molecule has 1 N–H and O–H groups in total. The van der Waals surface area contributed by atoms with Crippen LogP contribution in [0.4, 0.5) is 10.1 Å². The van der Waals surface area contributed by atoms with Gasteiger partial charge in [0, 0.05) is 13.1 Å². The number of carboxylic acid groups (broad SMARTS) is 1. The van der Waals surface area contributed by atoms with Crippen molar-refractivity contribution in [2.45, 2.75) is 32.6 Å². The lowest BCUT2D eigenvalue weighted by molar-refractivity contribution is -0.150. The van der Waals surface area contributed by atoms with Crippen molar-refractivity contribution in [3.63, 3.8) is 0 Å². The summed E-state index contributed by atoms with van der Waals surface area (Å²) in [7, 11) is 0. The number of aliphatic carboxylic acids is 1. The molecule has 1 aromatic carbocycles. The van der Waals surface area contributed by atoms with E-state index in [1.54, 1.807) is 12.1 Å². The summed E-state index contributed by atoms with van der Waals surface area (Å²) in [6.45, 7) is 3.03. The zero-order valence-electron chi connectivity index (χ0n) is 12.1. The molecule has 2 rings (SSSR count). The van der Waals surface area contributed by atoms with E-state index in [2.05, 4.69) is 0 Å². The Balaban J connectivity index is 2.14. The average Bonchev–Trinajstić information content (AvgIpc) is 2.48. The van der Waals surface area contributed by atoms with Gasteiger partial charge in [0.1, 0.15) is 5.82 Å². The molecule has 21 heavy (non-hydrogen) atoms. The lowest BCUT2D eigenvalue weighted by Gasteiger charge is -2.40. The molecule has 4 nitrogen and oxygen atoms in total. The molecule has 0 saturated carbocycles. The van der Waals surface area contributed by atoms with Gasteiger partial charge in [-0.05, 0) is 37.5 Å². The number of carboxylic acids is 1. The van der Waals surface area contributed by atoms with E-state index in [4.69, 9.17) is 5.26 Å². The van der Waals surface area contributed by atoms with E-state index in [-0.39, 0.29) is 0 Å². The highest BCUT2D eigenvalue weighted by Gasteiger charge is 2.40. The zero-order valence-corrected chi connectivity index (χ0v) is 12.1. The largest absolute Gasteiger partial charge is 0.481 e. The first-order valence-corrected chi connectivity index (χ1v) is 7.20. The number of nitrogens with zero attached hydrogens (tertiary/aromatic N) is 2. The number of rotatable bonds is 4. The SMILES string of the molecule is CCCC1(C(=O)O)CCN(c2ccc(C#N)cc2F)CC1. The van der Waals surface area contributed by atoms with Crippen molar-refractivity contribution in [3.8, 4) is 6.07 Å². The van der Waals surface area contributed by atoms with Crippen molar-refractivity contribution in [1.82, 2.24) is 0 Å². The number of piperidine rings is 1. The highest BCUT2D eigenvalue weighted by atomic mass is 19.1. The van der Waals surface area contributed by atoms with Crippen molar-refractivity contribution >= 4 is 11.7 Å². The Morgan fingerprint density at radius 2 is 2.14 bits per heavy atom. The second-order valence-corrected chi connectivity index (χ2v) is 5.60. The van der Waals surface area contributed by atoms with Gasteiger partial charge in [-0.2, -0.15) is 5.26 Å². The van der Waals surface area contributed by atoms with Crippen LogP contribution in [0.2, 0.25) is 0 Å². The summed E-state index contributed by atoms with van der Waals surface area (Å²) < 4.78 is 14.0. The van der Waals surface area contributed by atoms with E-state index in [1.165, 1.54) is 6.07 Å². The summed E-state index contributed by atoms with van der Waals surface area (Å²) >= 11 is 0. The van der Waals surface area contributed by atoms with Gasteiger partial charge in [-0.3, -0.25) is 4.79 Å². The van der Waals surface area contributed by atoms with Crippen molar-refractivity contribution in [2.24, 2.45) is 5.41 Å². The molecule has 0 bridgehead atoms. The standard InChI is InChI=1S/C16H19FN2O2/c1-2-5-16(15(20)21)6-8-19(9-7-16)14-4-3-12(11-18)10-13(14)17/h3-4,10H,2,5-9H2,1H3,(H,20,21). The Labute approximate surface area is 123 Å². The highest BCUT2D eigenvalue weighted by Crippen LogP contribution is 2.38. The third-order valence-corrected chi connectivity index (χ3v) is 4.32. The molecule has 0 atom stereocenters. The fraction of sp³-hybridized carbons (Fsp3) is 0.500. The molecule has 1 heterocycles. The van der Waals surface area contributed by atoms with Gasteiger partial charge in [0.2, 0.25) is 0 Å². The first-order chi connectivity index (χ1) is 10.0. The molecule has 1 fully saturated rings.